The van der Waals surface area contributed by atoms with Crippen molar-refractivity contribution in [1.82, 2.24) is 10.2 Å². The summed E-state index contributed by atoms with van der Waals surface area (Å²) in [6, 6.07) is 1.83. The Bertz CT molecular complexity index is 474. The van der Waals surface area contributed by atoms with Gasteiger partial charge in [0, 0.05) is 18.5 Å². The van der Waals surface area contributed by atoms with E-state index in [2.05, 4.69) is 5.32 Å². The molecule has 0 spiro atoms. The van der Waals surface area contributed by atoms with Crippen LogP contribution in [0.3, 0.4) is 0 Å². The third-order valence-corrected chi connectivity index (χ3v) is 3.53. The van der Waals surface area contributed by atoms with Crippen molar-refractivity contribution < 1.29 is 24.6 Å². The fraction of sp³-hybridized carbons (Fsp3) is 0.417. The van der Waals surface area contributed by atoms with E-state index in [0.29, 0.717) is 13.0 Å². The second-order valence-corrected chi connectivity index (χ2v) is 5.22. The predicted octanol–water partition coefficient (Wildman–Crippen LogP) is 0.860. The Balaban J connectivity index is 2.46. The van der Waals surface area contributed by atoms with Gasteiger partial charge >= 0.3 is 18.0 Å². The summed E-state index contributed by atoms with van der Waals surface area (Å²) in [5.74, 6) is -2.65. The molecule has 1 atom stereocenters. The highest BCUT2D eigenvalue weighted by atomic mass is 32.1. The minimum atomic E-state index is -1.43. The van der Waals surface area contributed by atoms with Crippen LogP contribution >= 0.6 is 11.3 Å². The number of rotatable bonds is 7. The number of amides is 2. The van der Waals surface area contributed by atoms with Crippen molar-refractivity contribution in [2.45, 2.75) is 18.9 Å². The number of likely N-dealkylation sites (N-methyl/N-ethyl adjacent to an activating group) is 1. The van der Waals surface area contributed by atoms with Gasteiger partial charge in [-0.1, -0.05) is 6.07 Å². The molecule has 0 bridgehead atoms. The van der Waals surface area contributed by atoms with Gasteiger partial charge < -0.3 is 20.4 Å². The number of thiophene rings is 1. The van der Waals surface area contributed by atoms with Crippen LogP contribution in [0.15, 0.2) is 17.5 Å². The topological polar surface area (TPSA) is 107 Å². The highest BCUT2D eigenvalue weighted by Crippen LogP contribution is 2.09. The maximum absolute atomic E-state index is 11.8. The molecule has 20 heavy (non-hydrogen) atoms. The summed E-state index contributed by atoms with van der Waals surface area (Å²) in [6.45, 7) is 0.422. The van der Waals surface area contributed by atoms with Gasteiger partial charge in [-0.3, -0.25) is 4.79 Å². The molecular weight excluding hydrogens is 284 g/mol. The van der Waals surface area contributed by atoms with Gasteiger partial charge in [0.05, 0.1) is 6.42 Å². The summed E-state index contributed by atoms with van der Waals surface area (Å²) in [5, 5.41) is 21.5. The summed E-state index contributed by atoms with van der Waals surface area (Å²) < 4.78 is 0. The van der Waals surface area contributed by atoms with Crippen LogP contribution in [0.1, 0.15) is 11.3 Å². The van der Waals surface area contributed by atoms with Crippen molar-refractivity contribution in [3.8, 4) is 0 Å². The summed E-state index contributed by atoms with van der Waals surface area (Å²) in [4.78, 5) is 35.6. The van der Waals surface area contributed by atoms with Crippen molar-refractivity contribution in [2.75, 3.05) is 13.6 Å². The number of aliphatic carboxylic acids is 2. The van der Waals surface area contributed by atoms with E-state index in [-0.39, 0.29) is 0 Å². The van der Waals surface area contributed by atoms with Crippen LogP contribution in [0.4, 0.5) is 4.79 Å². The lowest BCUT2D eigenvalue weighted by Crippen LogP contribution is -2.48. The lowest BCUT2D eigenvalue weighted by Gasteiger charge is -2.20. The Kier molecular flexibility index (Phi) is 5.98. The second kappa shape index (κ2) is 7.49. The van der Waals surface area contributed by atoms with Crippen molar-refractivity contribution in [3.05, 3.63) is 22.4 Å². The zero-order chi connectivity index (χ0) is 15.1. The van der Waals surface area contributed by atoms with Gasteiger partial charge in [-0.25, -0.2) is 9.59 Å². The van der Waals surface area contributed by atoms with Crippen molar-refractivity contribution in [2.24, 2.45) is 0 Å². The summed E-state index contributed by atoms with van der Waals surface area (Å²) in [7, 11) is 1.53. The molecule has 1 aromatic heterocycles. The largest absolute Gasteiger partial charge is 0.481 e. The first-order valence-electron chi connectivity index (χ1n) is 5.88. The van der Waals surface area contributed by atoms with Crippen molar-refractivity contribution in [1.29, 1.82) is 0 Å². The first kappa shape index (κ1) is 16.0. The molecule has 0 aromatic carbocycles. The van der Waals surface area contributed by atoms with E-state index in [9.17, 15) is 14.4 Å². The average molecular weight is 300 g/mol. The maximum atomic E-state index is 11.8. The number of carbonyl (C=O) groups excluding carboxylic acids is 1. The fourth-order valence-electron chi connectivity index (χ4n) is 1.47. The Morgan fingerprint density at radius 3 is 2.60 bits per heavy atom. The monoisotopic (exact) mass is 300 g/mol. The lowest BCUT2D eigenvalue weighted by atomic mass is 10.2. The molecule has 0 fully saturated rings. The van der Waals surface area contributed by atoms with Gasteiger partial charge in [-0.15, -0.1) is 11.3 Å². The van der Waals surface area contributed by atoms with E-state index < -0.39 is 30.4 Å². The van der Waals surface area contributed by atoms with E-state index in [1.807, 2.05) is 17.5 Å². The Morgan fingerprint density at radius 2 is 2.10 bits per heavy atom. The molecule has 110 valence electrons. The van der Waals surface area contributed by atoms with Gasteiger partial charge in [-0.2, -0.15) is 0 Å². The molecule has 0 saturated carbocycles. The van der Waals surface area contributed by atoms with Crippen LogP contribution in [0.25, 0.3) is 0 Å². The van der Waals surface area contributed by atoms with Crippen LogP contribution in [0.5, 0.6) is 0 Å². The normalized spacial score (nSPS) is 11.7. The van der Waals surface area contributed by atoms with Gasteiger partial charge in [0.2, 0.25) is 0 Å². The minimum absolute atomic E-state index is 0.422. The molecule has 2 amide bonds. The summed E-state index contributed by atoms with van der Waals surface area (Å²) >= 11 is 1.57. The number of carbonyl (C=O) groups is 3. The number of carboxylic acid groups (broad SMARTS) is 2. The number of nitrogens with one attached hydrogen (secondary N) is 1. The number of carboxylic acids is 2. The Hall–Kier alpha value is -2.09. The highest BCUT2D eigenvalue weighted by Gasteiger charge is 2.24. The first-order chi connectivity index (χ1) is 9.40. The third kappa shape index (κ3) is 5.27. The fourth-order valence-corrected chi connectivity index (χ4v) is 2.17. The molecule has 1 heterocycles. The molecule has 1 rings (SSSR count). The van der Waals surface area contributed by atoms with Crippen LogP contribution in [-0.4, -0.2) is 52.7 Å². The third-order valence-electron chi connectivity index (χ3n) is 2.59. The SMILES string of the molecule is CN(CCc1cccs1)C(=O)N[C@H](CC(=O)O)C(=O)O. The van der Waals surface area contributed by atoms with E-state index in [1.165, 1.54) is 11.9 Å². The Morgan fingerprint density at radius 1 is 1.40 bits per heavy atom. The van der Waals surface area contributed by atoms with E-state index in [1.54, 1.807) is 11.3 Å². The van der Waals surface area contributed by atoms with Gasteiger partial charge in [0.1, 0.15) is 6.04 Å². The highest BCUT2D eigenvalue weighted by molar-refractivity contribution is 7.09. The molecule has 0 radical (unpaired) electrons. The molecule has 8 heteroatoms. The molecule has 0 aliphatic carbocycles. The number of nitrogens with zero attached hydrogens (tertiary/aromatic N) is 1. The number of hydrogen-bond donors (Lipinski definition) is 3. The van der Waals surface area contributed by atoms with Crippen molar-refractivity contribution in [3.63, 3.8) is 0 Å². The molecule has 0 saturated heterocycles. The van der Waals surface area contributed by atoms with Crippen LogP contribution in [0, 0.1) is 0 Å². The molecular formula is C12H16N2O5S. The van der Waals surface area contributed by atoms with Gasteiger partial charge in [0.15, 0.2) is 0 Å². The van der Waals surface area contributed by atoms with Crippen molar-refractivity contribution >= 4 is 29.3 Å². The molecule has 0 aliphatic rings. The zero-order valence-electron chi connectivity index (χ0n) is 10.9. The molecule has 0 unspecified atom stereocenters. The quantitative estimate of drug-likeness (QED) is 0.692. The maximum Gasteiger partial charge on any atom is 0.326 e. The predicted molar refractivity (Wildman–Crippen MR) is 72.9 cm³/mol. The molecule has 0 aliphatic heterocycles. The average Bonchev–Trinajstić information content (AvgIpc) is 2.87. The number of urea groups is 1. The Labute approximate surface area is 119 Å². The molecule has 3 N–H and O–H groups in total. The van der Waals surface area contributed by atoms with E-state index in [0.717, 1.165) is 4.88 Å². The molecule has 1 aromatic rings. The molecule has 7 nitrogen and oxygen atoms in total. The second-order valence-electron chi connectivity index (χ2n) is 4.19. The minimum Gasteiger partial charge on any atom is -0.481 e. The number of hydrogen-bond acceptors (Lipinski definition) is 4. The summed E-state index contributed by atoms with van der Waals surface area (Å²) in [5.41, 5.74) is 0. The summed E-state index contributed by atoms with van der Waals surface area (Å²) in [6.07, 6.45) is 0.0120. The van der Waals surface area contributed by atoms with E-state index >= 15 is 0 Å². The lowest BCUT2D eigenvalue weighted by molar-refractivity contribution is -0.145. The zero-order valence-corrected chi connectivity index (χ0v) is 11.7. The smallest absolute Gasteiger partial charge is 0.326 e. The van der Waals surface area contributed by atoms with Crippen LogP contribution in [-0.2, 0) is 16.0 Å². The van der Waals surface area contributed by atoms with Crippen LogP contribution in [0.2, 0.25) is 0 Å². The first-order valence-corrected chi connectivity index (χ1v) is 6.76. The van der Waals surface area contributed by atoms with Gasteiger partial charge in [-0.05, 0) is 17.9 Å². The standard InChI is InChI=1S/C12H16N2O5S/c1-14(5-4-8-3-2-6-20-8)12(19)13-9(11(17)18)7-10(15)16/h2-3,6,9H,4-5,7H2,1H3,(H,13,19)(H,15,16)(H,17,18)/t9-/m1/s1. The van der Waals surface area contributed by atoms with E-state index in [4.69, 9.17) is 10.2 Å². The van der Waals surface area contributed by atoms with Gasteiger partial charge in [0.25, 0.3) is 0 Å². The van der Waals surface area contributed by atoms with Crippen LogP contribution < -0.4 is 5.32 Å².